The predicted octanol–water partition coefficient (Wildman–Crippen LogP) is 1.14. The smallest absolute Gasteiger partial charge is 0.267 e. The van der Waals surface area contributed by atoms with Crippen LogP contribution >= 0.6 is 0 Å². The molecule has 0 aliphatic carbocycles. The van der Waals surface area contributed by atoms with Crippen LogP contribution in [0.3, 0.4) is 0 Å². The van der Waals surface area contributed by atoms with Crippen molar-refractivity contribution >= 4 is 29.3 Å². The summed E-state index contributed by atoms with van der Waals surface area (Å²) in [4.78, 5) is 27.7. The molecular weight excluding hydrogens is 352 g/mol. The van der Waals surface area contributed by atoms with Crippen LogP contribution in [0.5, 0.6) is 5.75 Å². The minimum Gasteiger partial charge on any atom is -0.497 e. The van der Waals surface area contributed by atoms with Gasteiger partial charge in [0.1, 0.15) is 11.3 Å². The van der Waals surface area contributed by atoms with Crippen LogP contribution in [-0.4, -0.2) is 51.4 Å². The molecule has 0 aliphatic heterocycles. The fourth-order valence-electron chi connectivity index (χ4n) is 2.53. The first kappa shape index (κ1) is 20.5. The summed E-state index contributed by atoms with van der Waals surface area (Å²) in [7, 11) is 1.54. The van der Waals surface area contributed by atoms with Crippen molar-refractivity contribution in [3.8, 4) is 5.75 Å². The molecule has 2 amide bonds. The summed E-state index contributed by atoms with van der Waals surface area (Å²) in [5.41, 5.74) is 0.997. The zero-order valence-corrected chi connectivity index (χ0v) is 15.6. The number of nitrogens with zero attached hydrogens (tertiary/aromatic N) is 5. The van der Waals surface area contributed by atoms with E-state index in [1.807, 2.05) is 13.8 Å². The maximum atomic E-state index is 12.8. The fraction of sp³-hybridized carbons (Fsp3) is 0.471. The van der Waals surface area contributed by atoms with E-state index < -0.39 is 11.8 Å². The Labute approximate surface area is 156 Å². The van der Waals surface area contributed by atoms with E-state index in [1.165, 1.54) is 7.11 Å². The van der Waals surface area contributed by atoms with Gasteiger partial charge in [-0.2, -0.15) is 0 Å². The van der Waals surface area contributed by atoms with Crippen molar-refractivity contribution < 1.29 is 19.5 Å². The van der Waals surface area contributed by atoms with E-state index >= 15 is 0 Å². The van der Waals surface area contributed by atoms with Gasteiger partial charge in [0, 0.05) is 6.07 Å². The molecule has 2 aromatic rings. The maximum absolute atomic E-state index is 12.8. The molecule has 1 aromatic carbocycles. The largest absolute Gasteiger partial charge is 0.497 e. The number of nitrogens with two attached hydrogens (primary N) is 1. The van der Waals surface area contributed by atoms with Crippen molar-refractivity contribution in [1.82, 2.24) is 20.2 Å². The van der Waals surface area contributed by atoms with Gasteiger partial charge in [0.2, 0.25) is 12.3 Å². The molecule has 10 heteroatoms. The molecule has 0 spiro atoms. The van der Waals surface area contributed by atoms with Gasteiger partial charge >= 0.3 is 0 Å². The summed E-state index contributed by atoms with van der Waals surface area (Å²) in [5.74, 6) is 5.61. The van der Waals surface area contributed by atoms with Crippen LogP contribution in [0.15, 0.2) is 18.2 Å². The molecule has 0 unspecified atom stereocenters. The second kappa shape index (κ2) is 9.19. The number of benzene rings is 1. The summed E-state index contributed by atoms with van der Waals surface area (Å²) in [5, 5.41) is 18.6. The minimum absolute atomic E-state index is 0.0668. The second-order valence-electron chi connectivity index (χ2n) is 6.57. The van der Waals surface area contributed by atoms with Gasteiger partial charge in [-0.15, -0.1) is 10.2 Å². The predicted molar refractivity (Wildman–Crippen MR) is 97.7 cm³/mol. The normalized spacial score (nSPS) is 12.1. The molecule has 0 bridgehead atoms. The number of aromatic nitrogens is 3. The van der Waals surface area contributed by atoms with Gasteiger partial charge in [0.05, 0.1) is 25.1 Å². The van der Waals surface area contributed by atoms with E-state index in [-0.39, 0.29) is 18.9 Å². The van der Waals surface area contributed by atoms with Gasteiger partial charge in [-0.3, -0.25) is 14.8 Å². The molecule has 0 fully saturated rings. The third kappa shape index (κ3) is 5.31. The highest BCUT2D eigenvalue weighted by molar-refractivity contribution is 5.93. The van der Waals surface area contributed by atoms with Gasteiger partial charge in [0.15, 0.2) is 0 Å². The van der Waals surface area contributed by atoms with E-state index in [1.54, 1.807) is 18.2 Å². The molecule has 1 atom stereocenters. The van der Waals surface area contributed by atoms with Crippen LogP contribution in [0.4, 0.5) is 5.95 Å². The average molecular weight is 376 g/mol. The Kier molecular flexibility index (Phi) is 6.97. The summed E-state index contributed by atoms with van der Waals surface area (Å²) >= 11 is 0. The Morgan fingerprint density at radius 3 is 2.67 bits per heavy atom. The Balaban J connectivity index is 2.23. The van der Waals surface area contributed by atoms with Crippen LogP contribution in [0.2, 0.25) is 0 Å². The van der Waals surface area contributed by atoms with E-state index in [0.29, 0.717) is 34.2 Å². The Hall–Kier alpha value is -2.85. The van der Waals surface area contributed by atoms with Crippen molar-refractivity contribution in [2.45, 2.75) is 26.7 Å². The van der Waals surface area contributed by atoms with Gasteiger partial charge in [-0.25, -0.2) is 20.9 Å². The lowest BCUT2D eigenvalue weighted by Crippen LogP contribution is -2.46. The highest BCUT2D eigenvalue weighted by Gasteiger charge is 2.27. The number of amides is 2. The first-order valence-electron chi connectivity index (χ1n) is 8.53. The number of hydrazine groups is 1. The number of anilines is 1. The summed E-state index contributed by atoms with van der Waals surface area (Å²) < 4.78 is 5.12. The lowest BCUT2D eigenvalue weighted by molar-refractivity contribution is -0.154. The zero-order chi connectivity index (χ0) is 20.0. The SMILES string of the molecule is COc1ccc2nc(N(N)C(=O)[C@@H](CCC(C)C)CN(O)C=O)nnc2c1. The average Bonchev–Trinajstić information content (AvgIpc) is 2.68. The number of ether oxygens (including phenoxy) is 1. The minimum atomic E-state index is -0.692. The highest BCUT2D eigenvalue weighted by atomic mass is 16.5. The number of hydrogen-bond acceptors (Lipinski definition) is 8. The van der Waals surface area contributed by atoms with Gasteiger partial charge in [0.25, 0.3) is 5.95 Å². The first-order chi connectivity index (χ1) is 12.8. The number of rotatable bonds is 9. The topological polar surface area (TPSA) is 135 Å². The summed E-state index contributed by atoms with van der Waals surface area (Å²) in [6.45, 7) is 3.87. The highest BCUT2D eigenvalue weighted by Crippen LogP contribution is 2.20. The van der Waals surface area contributed by atoms with Crippen LogP contribution in [0, 0.1) is 11.8 Å². The van der Waals surface area contributed by atoms with E-state index in [4.69, 9.17) is 10.6 Å². The lowest BCUT2D eigenvalue weighted by atomic mass is 9.96. The van der Waals surface area contributed by atoms with E-state index in [9.17, 15) is 14.8 Å². The Morgan fingerprint density at radius 1 is 1.30 bits per heavy atom. The van der Waals surface area contributed by atoms with Crippen LogP contribution < -0.4 is 15.6 Å². The molecular formula is C17H24N6O4. The number of carbonyl (C=O) groups is 2. The van der Waals surface area contributed by atoms with Crippen LogP contribution in [0.25, 0.3) is 11.0 Å². The lowest BCUT2D eigenvalue weighted by Gasteiger charge is -2.24. The molecule has 1 aromatic heterocycles. The molecule has 10 nitrogen and oxygen atoms in total. The molecule has 0 radical (unpaired) electrons. The molecule has 0 saturated heterocycles. The van der Waals surface area contributed by atoms with Crippen molar-refractivity contribution in [3.63, 3.8) is 0 Å². The van der Waals surface area contributed by atoms with Crippen molar-refractivity contribution in [2.24, 2.45) is 17.7 Å². The van der Waals surface area contributed by atoms with E-state index in [2.05, 4.69) is 15.2 Å². The molecule has 146 valence electrons. The maximum Gasteiger partial charge on any atom is 0.267 e. The summed E-state index contributed by atoms with van der Waals surface area (Å²) in [6.07, 6.45) is 1.43. The van der Waals surface area contributed by atoms with Gasteiger partial charge in [-0.1, -0.05) is 20.3 Å². The van der Waals surface area contributed by atoms with Crippen LogP contribution in [0.1, 0.15) is 26.7 Å². The molecule has 0 saturated carbocycles. The first-order valence-corrected chi connectivity index (χ1v) is 8.53. The van der Waals surface area contributed by atoms with Crippen molar-refractivity contribution in [3.05, 3.63) is 18.2 Å². The molecule has 2 rings (SSSR count). The van der Waals surface area contributed by atoms with Crippen LogP contribution in [-0.2, 0) is 9.59 Å². The number of carbonyl (C=O) groups excluding carboxylic acids is 2. The molecule has 0 aliphatic rings. The number of fused-ring (bicyclic) bond motifs is 1. The third-order valence-corrected chi connectivity index (χ3v) is 4.07. The van der Waals surface area contributed by atoms with E-state index in [0.717, 1.165) is 11.4 Å². The standard InChI is InChI=1S/C17H24N6O4/c1-11(2)4-5-12(9-22(26)10-24)16(25)23(18)17-19-14-7-6-13(27-3)8-15(14)20-21-17/h6-8,10-12,26H,4-5,9,18H2,1-3H3/t12-/m0/s1. The monoisotopic (exact) mass is 376 g/mol. The third-order valence-electron chi connectivity index (χ3n) is 4.07. The van der Waals surface area contributed by atoms with Crippen molar-refractivity contribution in [2.75, 3.05) is 18.7 Å². The Morgan fingerprint density at radius 2 is 2.04 bits per heavy atom. The molecule has 27 heavy (non-hydrogen) atoms. The van der Waals surface area contributed by atoms with Crippen molar-refractivity contribution in [1.29, 1.82) is 0 Å². The number of methoxy groups -OCH3 is 1. The van der Waals surface area contributed by atoms with Gasteiger partial charge in [-0.05, 0) is 24.5 Å². The quantitative estimate of drug-likeness (QED) is 0.219. The number of hydrogen-bond donors (Lipinski definition) is 2. The Bertz CT molecular complexity index is 800. The van der Waals surface area contributed by atoms with Gasteiger partial charge < -0.3 is 4.74 Å². The second-order valence-corrected chi connectivity index (χ2v) is 6.57. The number of hydroxylamine groups is 2. The summed E-state index contributed by atoms with van der Waals surface area (Å²) in [6, 6.07) is 5.06. The fourth-order valence-corrected chi connectivity index (χ4v) is 2.53. The molecule has 1 heterocycles. The zero-order valence-electron chi connectivity index (χ0n) is 15.6. The molecule has 3 N–H and O–H groups in total.